The lowest BCUT2D eigenvalue weighted by Crippen LogP contribution is -2.49. The number of imide groups is 1. The van der Waals surface area contributed by atoms with Gasteiger partial charge in [-0.25, -0.2) is 9.18 Å². The zero-order chi connectivity index (χ0) is 20.7. The third-order valence-electron chi connectivity index (χ3n) is 5.58. The topological polar surface area (TPSA) is 108 Å². The third kappa shape index (κ3) is 3.67. The van der Waals surface area contributed by atoms with Crippen molar-refractivity contribution in [2.75, 3.05) is 31.1 Å². The van der Waals surface area contributed by atoms with Crippen LogP contribution in [0.4, 0.5) is 15.0 Å². The summed E-state index contributed by atoms with van der Waals surface area (Å²) in [4.78, 5) is 37.5. The van der Waals surface area contributed by atoms with Gasteiger partial charge in [0.25, 0.3) is 0 Å². The molecule has 10 heteroatoms. The predicted octanol–water partition coefficient (Wildman–Crippen LogP) is 1.23. The summed E-state index contributed by atoms with van der Waals surface area (Å²) in [5, 5.41) is 16.4. The van der Waals surface area contributed by atoms with E-state index in [1.54, 1.807) is 16.6 Å². The summed E-state index contributed by atoms with van der Waals surface area (Å²) in [5.74, 6) is -1.12. The molecule has 2 aromatic rings. The fraction of sp³-hybridized carbons (Fsp3) is 0.474. The minimum Gasteiger partial charge on any atom is -0.480 e. The molecule has 1 aromatic carbocycles. The van der Waals surface area contributed by atoms with Crippen molar-refractivity contribution in [3.8, 4) is 0 Å². The van der Waals surface area contributed by atoms with Crippen LogP contribution >= 0.6 is 0 Å². The number of halogens is 1. The maximum absolute atomic E-state index is 14.8. The number of likely N-dealkylation sites (tertiary alicyclic amines) is 1. The summed E-state index contributed by atoms with van der Waals surface area (Å²) in [5.41, 5.74) is 1.59. The van der Waals surface area contributed by atoms with E-state index in [1.807, 2.05) is 18.2 Å². The fourth-order valence-corrected chi connectivity index (χ4v) is 4.13. The highest BCUT2D eigenvalue weighted by molar-refractivity contribution is 6.08. The quantitative estimate of drug-likeness (QED) is 0.795. The smallest absolute Gasteiger partial charge is 0.329 e. The maximum atomic E-state index is 14.8. The van der Waals surface area contributed by atoms with Crippen LogP contribution in [-0.2, 0) is 16.6 Å². The van der Waals surface area contributed by atoms with Gasteiger partial charge in [0.2, 0.25) is 5.91 Å². The number of carboxylic acids is 1. The molecule has 2 aliphatic heterocycles. The maximum Gasteiger partial charge on any atom is 0.329 e. The number of carbonyl (C=O) groups excluding carboxylic acids is 2. The normalized spacial score (nSPS) is 23.4. The molecule has 2 atom stereocenters. The molecule has 4 rings (SSSR count). The Morgan fingerprint density at radius 1 is 1.34 bits per heavy atom. The number of rotatable bonds is 4. The van der Waals surface area contributed by atoms with Gasteiger partial charge in [-0.15, -0.1) is 0 Å². The number of aliphatic carboxylic acids is 1. The lowest BCUT2D eigenvalue weighted by molar-refractivity contribution is -0.138. The molecule has 0 radical (unpaired) electrons. The number of benzene rings is 1. The molecule has 1 aromatic heterocycles. The standard InChI is InChI=1S/C19H22FN5O4/c1-23-15-8-11(12-4-6-24(9-14(12)20)10-17(27)28)2-3-13(15)18(22-23)25-7-5-16(26)21-19(25)29/h2-3,8,12,14H,4-7,9-10H2,1H3,(H,27,28)(H,21,26,29)/t12-,14-/m1/s1. The molecule has 0 unspecified atom stereocenters. The summed E-state index contributed by atoms with van der Waals surface area (Å²) in [6.45, 7) is 0.715. The Morgan fingerprint density at radius 2 is 2.14 bits per heavy atom. The highest BCUT2D eigenvalue weighted by atomic mass is 19.1. The second-order valence-electron chi connectivity index (χ2n) is 7.52. The molecule has 2 saturated heterocycles. The number of carbonyl (C=O) groups is 3. The molecular formula is C19H22FN5O4. The van der Waals surface area contributed by atoms with Gasteiger partial charge in [-0.3, -0.25) is 29.4 Å². The zero-order valence-electron chi connectivity index (χ0n) is 16.0. The number of amides is 3. The van der Waals surface area contributed by atoms with Crippen molar-refractivity contribution in [1.82, 2.24) is 20.0 Å². The SMILES string of the molecule is Cn1nc(N2CCC(=O)NC2=O)c2ccc([C@H]3CCN(CC(=O)O)C[C@H]3F)cc21. The highest BCUT2D eigenvalue weighted by Crippen LogP contribution is 2.34. The van der Waals surface area contributed by atoms with Crippen molar-refractivity contribution in [2.45, 2.75) is 24.9 Å². The van der Waals surface area contributed by atoms with Crippen LogP contribution in [0, 0.1) is 0 Å². The van der Waals surface area contributed by atoms with Crippen LogP contribution in [0.1, 0.15) is 24.3 Å². The van der Waals surface area contributed by atoms with Crippen molar-refractivity contribution >= 4 is 34.6 Å². The van der Waals surface area contributed by atoms with Crippen molar-refractivity contribution in [2.24, 2.45) is 7.05 Å². The number of carboxylic acid groups (broad SMARTS) is 1. The average molecular weight is 403 g/mol. The number of hydrogen-bond acceptors (Lipinski definition) is 5. The summed E-state index contributed by atoms with van der Waals surface area (Å²) in [7, 11) is 1.75. The number of urea groups is 1. The first-order valence-corrected chi connectivity index (χ1v) is 9.49. The first-order chi connectivity index (χ1) is 13.8. The van der Waals surface area contributed by atoms with Crippen LogP contribution in [0.5, 0.6) is 0 Å². The first-order valence-electron chi connectivity index (χ1n) is 9.49. The van der Waals surface area contributed by atoms with Gasteiger partial charge < -0.3 is 5.11 Å². The van der Waals surface area contributed by atoms with E-state index in [9.17, 15) is 18.8 Å². The predicted molar refractivity (Wildman–Crippen MR) is 103 cm³/mol. The van der Waals surface area contributed by atoms with Crippen molar-refractivity contribution in [3.05, 3.63) is 23.8 Å². The molecule has 0 aliphatic carbocycles. The summed E-state index contributed by atoms with van der Waals surface area (Å²) < 4.78 is 16.4. The molecule has 2 N–H and O–H groups in total. The number of piperidine rings is 1. The number of aromatic nitrogens is 2. The Morgan fingerprint density at radius 3 is 2.83 bits per heavy atom. The van der Waals surface area contributed by atoms with E-state index >= 15 is 0 Å². The minimum atomic E-state index is -1.16. The van der Waals surface area contributed by atoms with E-state index in [0.717, 1.165) is 16.5 Å². The summed E-state index contributed by atoms with van der Waals surface area (Å²) in [6.07, 6.45) is -0.422. The summed E-state index contributed by atoms with van der Waals surface area (Å²) in [6, 6.07) is 5.04. The highest BCUT2D eigenvalue weighted by Gasteiger charge is 2.32. The van der Waals surface area contributed by atoms with Crippen LogP contribution in [0.3, 0.4) is 0 Å². The largest absolute Gasteiger partial charge is 0.480 e. The van der Waals surface area contributed by atoms with Crippen molar-refractivity contribution < 1.29 is 23.9 Å². The molecule has 154 valence electrons. The molecular weight excluding hydrogens is 381 g/mol. The van der Waals surface area contributed by atoms with Crippen molar-refractivity contribution in [1.29, 1.82) is 0 Å². The van der Waals surface area contributed by atoms with Crippen LogP contribution in [0.25, 0.3) is 10.9 Å². The Kier molecular flexibility index (Phi) is 4.95. The van der Waals surface area contributed by atoms with Gasteiger partial charge in [0.15, 0.2) is 5.82 Å². The monoisotopic (exact) mass is 403 g/mol. The molecule has 2 aliphatic rings. The zero-order valence-corrected chi connectivity index (χ0v) is 16.0. The first kappa shape index (κ1) is 19.3. The van der Waals surface area contributed by atoms with Gasteiger partial charge >= 0.3 is 12.0 Å². The molecule has 0 saturated carbocycles. The van der Waals surface area contributed by atoms with Crippen LogP contribution in [0.2, 0.25) is 0 Å². The number of nitrogens with one attached hydrogen (secondary N) is 1. The van der Waals surface area contributed by atoms with E-state index in [1.165, 1.54) is 4.90 Å². The molecule has 9 nitrogen and oxygen atoms in total. The van der Waals surface area contributed by atoms with Crippen LogP contribution in [0.15, 0.2) is 18.2 Å². The molecule has 0 bridgehead atoms. The fourth-order valence-electron chi connectivity index (χ4n) is 4.13. The second kappa shape index (κ2) is 7.43. The average Bonchev–Trinajstić information content (AvgIpc) is 2.97. The van der Waals surface area contributed by atoms with E-state index < -0.39 is 18.2 Å². The second-order valence-corrected chi connectivity index (χ2v) is 7.52. The summed E-state index contributed by atoms with van der Waals surface area (Å²) >= 11 is 0. The number of hydrogen-bond donors (Lipinski definition) is 2. The molecule has 2 fully saturated rings. The van der Waals surface area contributed by atoms with E-state index in [-0.39, 0.29) is 37.9 Å². The molecule has 3 amide bonds. The lowest BCUT2D eigenvalue weighted by atomic mass is 9.87. The van der Waals surface area contributed by atoms with Gasteiger partial charge in [-0.1, -0.05) is 6.07 Å². The number of nitrogens with zero attached hydrogens (tertiary/aromatic N) is 4. The van der Waals surface area contributed by atoms with Crippen LogP contribution in [-0.4, -0.2) is 70.0 Å². The Bertz CT molecular complexity index is 990. The third-order valence-corrected chi connectivity index (χ3v) is 5.58. The lowest BCUT2D eigenvalue weighted by Gasteiger charge is -2.34. The van der Waals surface area contributed by atoms with Crippen LogP contribution < -0.4 is 10.2 Å². The minimum absolute atomic E-state index is 0.0909. The van der Waals surface area contributed by atoms with E-state index in [0.29, 0.717) is 18.8 Å². The number of aryl methyl sites for hydroxylation is 1. The number of anilines is 1. The Hall–Kier alpha value is -3.01. The van der Waals surface area contributed by atoms with E-state index in [2.05, 4.69) is 10.4 Å². The van der Waals surface area contributed by atoms with E-state index in [4.69, 9.17) is 5.11 Å². The van der Waals surface area contributed by atoms with Gasteiger partial charge in [0, 0.05) is 37.9 Å². The number of fused-ring (bicyclic) bond motifs is 1. The number of alkyl halides is 1. The Balaban J connectivity index is 1.59. The molecule has 29 heavy (non-hydrogen) atoms. The van der Waals surface area contributed by atoms with Gasteiger partial charge in [-0.2, -0.15) is 5.10 Å². The van der Waals surface area contributed by atoms with Gasteiger partial charge in [0.05, 0.1) is 12.1 Å². The van der Waals surface area contributed by atoms with Gasteiger partial charge in [0.1, 0.15) is 6.17 Å². The molecule has 3 heterocycles. The van der Waals surface area contributed by atoms with Gasteiger partial charge in [-0.05, 0) is 30.7 Å². The Labute approximate surface area is 166 Å². The van der Waals surface area contributed by atoms with Crippen molar-refractivity contribution in [3.63, 3.8) is 0 Å². The molecule has 0 spiro atoms.